The molecule has 0 aromatic rings. The molecule has 0 bridgehead atoms. The minimum atomic E-state index is -0.0766. The topological polar surface area (TPSA) is 20.2 Å². The van der Waals surface area contributed by atoms with E-state index in [4.69, 9.17) is 0 Å². The van der Waals surface area contributed by atoms with E-state index in [9.17, 15) is 5.11 Å². The summed E-state index contributed by atoms with van der Waals surface area (Å²) < 4.78 is 0. The molecule has 0 radical (unpaired) electrons. The normalized spacial score (nSPS) is 46.5. The zero-order valence-electron chi connectivity index (χ0n) is 19.3. The van der Waals surface area contributed by atoms with Crippen LogP contribution in [-0.2, 0) is 0 Å². The highest BCUT2D eigenvalue weighted by atomic mass is 16.3. The summed E-state index contributed by atoms with van der Waals surface area (Å²) in [6, 6.07) is 0. The van der Waals surface area contributed by atoms with E-state index < -0.39 is 0 Å². The second kappa shape index (κ2) is 7.75. The number of hydrogen-bond donors (Lipinski definition) is 1. The van der Waals surface area contributed by atoms with Crippen molar-refractivity contribution in [2.75, 3.05) is 0 Å². The van der Waals surface area contributed by atoms with E-state index in [1.165, 1.54) is 57.8 Å². The van der Waals surface area contributed by atoms with Crippen LogP contribution in [0.3, 0.4) is 0 Å². The molecule has 0 saturated heterocycles. The summed E-state index contributed by atoms with van der Waals surface area (Å²) in [6.45, 7) is 12.6. The van der Waals surface area contributed by atoms with Crippen molar-refractivity contribution < 1.29 is 5.11 Å². The van der Waals surface area contributed by atoms with Gasteiger partial charge in [-0.3, -0.25) is 0 Å². The molecule has 4 aliphatic rings. The summed E-state index contributed by atoms with van der Waals surface area (Å²) in [5.74, 6) is 5.46. The van der Waals surface area contributed by atoms with E-state index in [1.807, 2.05) is 0 Å². The van der Waals surface area contributed by atoms with E-state index in [2.05, 4.69) is 40.7 Å². The van der Waals surface area contributed by atoms with Crippen LogP contribution >= 0.6 is 0 Å². The molecular weight excluding hydrogens is 340 g/mol. The molecule has 8 atom stereocenters. The Kier molecular flexibility index (Phi) is 5.80. The van der Waals surface area contributed by atoms with Gasteiger partial charge < -0.3 is 5.11 Å². The largest absolute Gasteiger partial charge is 0.393 e. The first-order chi connectivity index (χ1) is 13.3. The molecule has 3 saturated carbocycles. The second-order valence-corrected chi connectivity index (χ2v) is 12.2. The van der Waals surface area contributed by atoms with Crippen LogP contribution < -0.4 is 0 Å². The quantitative estimate of drug-likeness (QED) is 0.488. The first-order valence-corrected chi connectivity index (χ1v) is 12.6. The van der Waals surface area contributed by atoms with Gasteiger partial charge in [-0.1, -0.05) is 65.5 Å². The van der Waals surface area contributed by atoms with Crippen LogP contribution in [0.2, 0.25) is 0 Å². The minimum Gasteiger partial charge on any atom is -0.393 e. The number of hydrogen-bond acceptors (Lipinski definition) is 1. The molecule has 1 nitrogen and oxygen atoms in total. The van der Waals surface area contributed by atoms with Crippen LogP contribution in [0.4, 0.5) is 0 Å². The van der Waals surface area contributed by atoms with Crippen LogP contribution in [0.25, 0.3) is 0 Å². The molecular formula is C27H46O. The molecule has 1 heteroatoms. The van der Waals surface area contributed by atoms with Gasteiger partial charge in [0.25, 0.3) is 0 Å². The fourth-order valence-electron chi connectivity index (χ4n) is 8.67. The van der Waals surface area contributed by atoms with Gasteiger partial charge in [0.05, 0.1) is 6.10 Å². The van der Waals surface area contributed by atoms with E-state index in [0.717, 1.165) is 48.3 Å². The van der Waals surface area contributed by atoms with Crippen molar-refractivity contribution in [3.05, 3.63) is 11.6 Å². The summed E-state index contributed by atoms with van der Waals surface area (Å²) in [7, 11) is 0. The van der Waals surface area contributed by atoms with Crippen molar-refractivity contribution in [2.24, 2.45) is 46.3 Å². The Morgan fingerprint density at radius 1 is 1.00 bits per heavy atom. The summed E-state index contributed by atoms with van der Waals surface area (Å²) in [6.07, 6.45) is 17.2. The zero-order valence-corrected chi connectivity index (χ0v) is 19.3. The standard InChI is InChI=1S/C27H46O/c1-18(2)7-6-8-19(3)23-11-12-24-22-10-9-20-17-21(28)13-15-26(20,4)25(22)14-16-27(23,24)5/h9,18-19,21-25,28H,6-8,10-17H2,1-5H3/t19-,21-,22+,23+,24-,25-,26-,27+/m0/s1. The van der Waals surface area contributed by atoms with E-state index in [-0.39, 0.29) is 6.10 Å². The van der Waals surface area contributed by atoms with Gasteiger partial charge in [0, 0.05) is 0 Å². The average Bonchev–Trinajstić information content (AvgIpc) is 2.99. The van der Waals surface area contributed by atoms with Gasteiger partial charge in [-0.25, -0.2) is 0 Å². The lowest BCUT2D eigenvalue weighted by atomic mass is 9.47. The zero-order chi connectivity index (χ0) is 20.1. The third-order valence-electron chi connectivity index (χ3n) is 10.3. The number of rotatable bonds is 5. The molecule has 0 amide bonds. The van der Waals surface area contributed by atoms with Crippen LogP contribution in [0, 0.1) is 46.3 Å². The second-order valence-electron chi connectivity index (χ2n) is 12.2. The van der Waals surface area contributed by atoms with Crippen molar-refractivity contribution in [1.29, 1.82) is 0 Å². The van der Waals surface area contributed by atoms with Gasteiger partial charge >= 0.3 is 0 Å². The van der Waals surface area contributed by atoms with Crippen LogP contribution in [0.15, 0.2) is 11.6 Å². The monoisotopic (exact) mass is 386 g/mol. The summed E-state index contributed by atoms with van der Waals surface area (Å²) in [4.78, 5) is 0. The van der Waals surface area contributed by atoms with Crippen LogP contribution in [0.1, 0.15) is 105 Å². The molecule has 0 aromatic carbocycles. The lowest BCUT2D eigenvalue weighted by Gasteiger charge is -2.58. The van der Waals surface area contributed by atoms with Gasteiger partial charge in [0.15, 0.2) is 0 Å². The lowest BCUT2D eigenvalue weighted by Crippen LogP contribution is -2.50. The number of aliphatic hydroxyl groups is 1. The van der Waals surface area contributed by atoms with Crippen LogP contribution in [0.5, 0.6) is 0 Å². The van der Waals surface area contributed by atoms with E-state index in [1.54, 1.807) is 5.57 Å². The maximum absolute atomic E-state index is 10.2. The van der Waals surface area contributed by atoms with Gasteiger partial charge in [0.2, 0.25) is 0 Å². The highest BCUT2D eigenvalue weighted by Gasteiger charge is 2.59. The molecule has 160 valence electrons. The average molecular weight is 387 g/mol. The highest BCUT2D eigenvalue weighted by Crippen LogP contribution is 2.67. The Labute approximate surface area is 174 Å². The first kappa shape index (κ1) is 21.0. The molecule has 4 rings (SSSR count). The predicted molar refractivity (Wildman–Crippen MR) is 119 cm³/mol. The molecule has 28 heavy (non-hydrogen) atoms. The molecule has 0 spiro atoms. The first-order valence-electron chi connectivity index (χ1n) is 12.6. The summed E-state index contributed by atoms with van der Waals surface area (Å²) in [5.41, 5.74) is 2.60. The fraction of sp³-hybridized carbons (Fsp3) is 0.926. The smallest absolute Gasteiger partial charge is 0.0577 e. The molecule has 0 unspecified atom stereocenters. The van der Waals surface area contributed by atoms with E-state index in [0.29, 0.717) is 10.8 Å². The SMILES string of the molecule is CC(C)CCC[C@H](C)[C@H]1CC[C@H]2[C@H]3CC=C4C[C@@H](O)CC[C@]4(C)[C@H]3CC[C@]12C. The fourth-order valence-corrected chi connectivity index (χ4v) is 8.67. The molecule has 0 aromatic heterocycles. The third kappa shape index (κ3) is 3.42. The molecule has 0 aliphatic heterocycles. The number of fused-ring (bicyclic) bond motifs is 5. The Morgan fingerprint density at radius 3 is 2.54 bits per heavy atom. The van der Waals surface area contributed by atoms with Crippen LogP contribution in [-0.4, -0.2) is 11.2 Å². The van der Waals surface area contributed by atoms with Crippen molar-refractivity contribution in [2.45, 2.75) is 111 Å². The lowest BCUT2D eigenvalue weighted by molar-refractivity contribution is -0.0573. The van der Waals surface area contributed by atoms with Crippen molar-refractivity contribution in [3.63, 3.8) is 0 Å². The molecule has 4 aliphatic carbocycles. The number of aliphatic hydroxyl groups excluding tert-OH is 1. The van der Waals surface area contributed by atoms with Gasteiger partial charge in [0.1, 0.15) is 0 Å². The van der Waals surface area contributed by atoms with Gasteiger partial charge in [-0.2, -0.15) is 0 Å². The van der Waals surface area contributed by atoms with E-state index >= 15 is 0 Å². The predicted octanol–water partition coefficient (Wildman–Crippen LogP) is 7.39. The van der Waals surface area contributed by atoms with Gasteiger partial charge in [-0.15, -0.1) is 0 Å². The van der Waals surface area contributed by atoms with Crippen molar-refractivity contribution >= 4 is 0 Å². The Balaban J connectivity index is 1.49. The summed E-state index contributed by atoms with van der Waals surface area (Å²) in [5, 5.41) is 10.2. The highest BCUT2D eigenvalue weighted by molar-refractivity contribution is 5.25. The van der Waals surface area contributed by atoms with Crippen molar-refractivity contribution in [3.8, 4) is 0 Å². The van der Waals surface area contributed by atoms with Crippen molar-refractivity contribution in [1.82, 2.24) is 0 Å². The molecule has 3 fully saturated rings. The maximum Gasteiger partial charge on any atom is 0.0577 e. The molecule has 1 N–H and O–H groups in total. The summed E-state index contributed by atoms with van der Waals surface area (Å²) >= 11 is 0. The third-order valence-corrected chi connectivity index (χ3v) is 10.3. The minimum absolute atomic E-state index is 0.0766. The molecule has 0 heterocycles. The Morgan fingerprint density at radius 2 is 1.79 bits per heavy atom. The maximum atomic E-state index is 10.2. The Hall–Kier alpha value is -0.300. The number of allylic oxidation sites excluding steroid dienone is 1. The Bertz CT molecular complexity index is 591. The van der Waals surface area contributed by atoms with Gasteiger partial charge in [-0.05, 0) is 97.7 Å².